The van der Waals surface area contributed by atoms with Crippen molar-refractivity contribution < 1.29 is 19.0 Å². The third-order valence-electron chi connectivity index (χ3n) is 5.88. The summed E-state index contributed by atoms with van der Waals surface area (Å²) in [4.78, 5) is 12.0. The Morgan fingerprint density at radius 1 is 0.784 bits per heavy atom. The van der Waals surface area contributed by atoms with Gasteiger partial charge in [0, 0.05) is 6.42 Å². The number of hydrogen-bond acceptors (Lipinski definition) is 5. The molecule has 186 valence electrons. The summed E-state index contributed by atoms with van der Waals surface area (Å²) in [5.41, 5.74) is 6.04. The molecule has 0 atom stereocenters. The lowest BCUT2D eigenvalue weighted by Gasteiger charge is -2.12. The Bertz CT molecular complexity index is 1360. The third kappa shape index (κ3) is 7.46. The number of esters is 1. The molecule has 0 aromatic heterocycles. The molecule has 0 spiro atoms. The Balaban J connectivity index is 1.30. The van der Waals surface area contributed by atoms with Crippen molar-refractivity contribution >= 4 is 5.97 Å². The molecule has 0 aliphatic heterocycles. The molecular formula is C32H29NO4. The fourth-order valence-electron chi connectivity index (χ4n) is 3.95. The highest BCUT2D eigenvalue weighted by molar-refractivity contribution is 5.89. The molecule has 0 amide bonds. The van der Waals surface area contributed by atoms with Gasteiger partial charge in [-0.3, -0.25) is 0 Å². The van der Waals surface area contributed by atoms with Crippen molar-refractivity contribution in [3.63, 3.8) is 0 Å². The fraction of sp³-hybridized carbons (Fsp3) is 0.188. The van der Waals surface area contributed by atoms with E-state index in [1.807, 2.05) is 60.7 Å². The molecule has 0 aliphatic carbocycles. The van der Waals surface area contributed by atoms with Crippen LogP contribution >= 0.6 is 0 Å². The first-order valence-electron chi connectivity index (χ1n) is 12.3. The molecular weight excluding hydrogens is 462 g/mol. The quantitative estimate of drug-likeness (QED) is 0.168. The van der Waals surface area contributed by atoms with Crippen LogP contribution in [0, 0.1) is 18.3 Å². The lowest BCUT2D eigenvalue weighted by atomic mass is 9.99. The zero-order valence-corrected chi connectivity index (χ0v) is 20.9. The van der Waals surface area contributed by atoms with Gasteiger partial charge >= 0.3 is 5.97 Å². The summed E-state index contributed by atoms with van der Waals surface area (Å²) in [5, 5.41) is 8.73. The molecule has 0 heterocycles. The maximum Gasteiger partial charge on any atom is 0.338 e. The smallest absolute Gasteiger partial charge is 0.338 e. The highest BCUT2D eigenvalue weighted by Crippen LogP contribution is 2.28. The van der Waals surface area contributed by atoms with Crippen molar-refractivity contribution in [2.45, 2.75) is 26.4 Å². The maximum atomic E-state index is 12.0. The summed E-state index contributed by atoms with van der Waals surface area (Å²) in [5.74, 6) is 1.18. The van der Waals surface area contributed by atoms with Gasteiger partial charge in [0.05, 0.1) is 11.6 Å². The van der Waals surface area contributed by atoms with E-state index in [0.29, 0.717) is 18.6 Å². The number of nitriles is 1. The molecule has 0 bridgehead atoms. The van der Waals surface area contributed by atoms with E-state index >= 15 is 0 Å². The summed E-state index contributed by atoms with van der Waals surface area (Å²) >= 11 is 0. The van der Waals surface area contributed by atoms with Crippen LogP contribution in [0.4, 0.5) is 0 Å². The predicted octanol–water partition coefficient (Wildman–Crippen LogP) is 6.93. The first kappa shape index (κ1) is 25.5. The van der Waals surface area contributed by atoms with Crippen LogP contribution < -0.4 is 9.47 Å². The van der Waals surface area contributed by atoms with Gasteiger partial charge in [0.1, 0.15) is 31.3 Å². The Labute approximate surface area is 217 Å². The van der Waals surface area contributed by atoms with Crippen LogP contribution in [-0.4, -0.2) is 19.2 Å². The monoisotopic (exact) mass is 491 g/mol. The minimum Gasteiger partial charge on any atom is -0.490 e. The number of carbonyl (C=O) groups excluding carboxylic acids is 1. The highest BCUT2D eigenvalue weighted by atomic mass is 16.6. The van der Waals surface area contributed by atoms with Crippen molar-refractivity contribution in [3.05, 3.63) is 119 Å². The molecule has 37 heavy (non-hydrogen) atoms. The lowest BCUT2D eigenvalue weighted by Crippen LogP contribution is -2.12. The summed E-state index contributed by atoms with van der Waals surface area (Å²) in [7, 11) is 0. The molecule has 0 saturated heterocycles. The minimum atomic E-state index is -0.354. The van der Waals surface area contributed by atoms with E-state index < -0.39 is 0 Å². The van der Waals surface area contributed by atoms with Gasteiger partial charge in [0.15, 0.2) is 0 Å². The summed E-state index contributed by atoms with van der Waals surface area (Å²) in [6.45, 7) is 2.98. The molecule has 0 saturated carbocycles. The molecule has 0 unspecified atom stereocenters. The predicted molar refractivity (Wildman–Crippen MR) is 144 cm³/mol. The fourth-order valence-corrected chi connectivity index (χ4v) is 3.95. The average Bonchev–Trinajstić information content (AvgIpc) is 2.94. The number of nitrogens with zero attached hydrogens (tertiary/aromatic N) is 1. The number of hydrogen-bond donors (Lipinski definition) is 0. The van der Waals surface area contributed by atoms with E-state index in [1.54, 1.807) is 24.3 Å². The van der Waals surface area contributed by atoms with Crippen LogP contribution in [-0.2, 0) is 17.8 Å². The molecule has 0 aliphatic rings. The summed E-state index contributed by atoms with van der Waals surface area (Å²) in [6, 6.07) is 33.2. The number of rotatable bonds is 11. The Kier molecular flexibility index (Phi) is 8.93. The zero-order chi connectivity index (χ0) is 25.9. The van der Waals surface area contributed by atoms with Gasteiger partial charge in [-0.25, -0.2) is 4.79 Å². The van der Waals surface area contributed by atoms with Crippen molar-refractivity contribution in [2.24, 2.45) is 0 Å². The van der Waals surface area contributed by atoms with Crippen LogP contribution in [0.1, 0.15) is 33.5 Å². The largest absolute Gasteiger partial charge is 0.490 e. The Morgan fingerprint density at radius 3 is 2.32 bits per heavy atom. The van der Waals surface area contributed by atoms with Gasteiger partial charge in [-0.1, -0.05) is 54.6 Å². The van der Waals surface area contributed by atoms with Crippen LogP contribution in [0.5, 0.6) is 11.5 Å². The van der Waals surface area contributed by atoms with Crippen molar-refractivity contribution in [1.29, 1.82) is 5.26 Å². The first-order valence-corrected chi connectivity index (χ1v) is 12.3. The number of carbonyl (C=O) groups is 1. The van der Waals surface area contributed by atoms with Crippen LogP contribution in [0.3, 0.4) is 0 Å². The van der Waals surface area contributed by atoms with Gasteiger partial charge in [0.25, 0.3) is 0 Å². The number of benzene rings is 4. The lowest BCUT2D eigenvalue weighted by molar-refractivity contribution is 0.0450. The standard InChI is InChI=1S/C32H29NO4/c1-24-21-30(35-19-20-36-32(34)27-9-3-2-4-10-27)16-17-31(24)28-11-5-7-26(22-28)23-37-29-14-12-25(13-15-29)8-6-18-33/h2-5,7,9-17,21-22H,6,8,19-20,23H2,1H3. The molecule has 4 aromatic carbocycles. The summed E-state index contributed by atoms with van der Waals surface area (Å²) < 4.78 is 17.0. The minimum absolute atomic E-state index is 0.180. The molecule has 5 heteroatoms. The topological polar surface area (TPSA) is 68.6 Å². The van der Waals surface area contributed by atoms with E-state index in [2.05, 4.69) is 25.1 Å². The van der Waals surface area contributed by atoms with E-state index in [-0.39, 0.29) is 19.2 Å². The molecule has 4 rings (SSSR count). The second kappa shape index (κ2) is 12.9. The zero-order valence-electron chi connectivity index (χ0n) is 20.9. The van der Waals surface area contributed by atoms with E-state index in [1.165, 1.54) is 0 Å². The second-order valence-electron chi connectivity index (χ2n) is 8.62. The van der Waals surface area contributed by atoms with Crippen LogP contribution in [0.2, 0.25) is 0 Å². The van der Waals surface area contributed by atoms with Gasteiger partial charge in [0.2, 0.25) is 0 Å². The first-order chi connectivity index (χ1) is 18.1. The third-order valence-corrected chi connectivity index (χ3v) is 5.88. The van der Waals surface area contributed by atoms with Gasteiger partial charge < -0.3 is 14.2 Å². The van der Waals surface area contributed by atoms with Gasteiger partial charge in [-0.15, -0.1) is 0 Å². The molecule has 0 N–H and O–H groups in total. The van der Waals surface area contributed by atoms with Gasteiger partial charge in [-0.05, 0) is 83.6 Å². The highest BCUT2D eigenvalue weighted by Gasteiger charge is 2.08. The van der Waals surface area contributed by atoms with Crippen LogP contribution in [0.25, 0.3) is 11.1 Å². The van der Waals surface area contributed by atoms with Gasteiger partial charge in [-0.2, -0.15) is 5.26 Å². The Hall–Kier alpha value is -4.56. The van der Waals surface area contributed by atoms with E-state index in [4.69, 9.17) is 19.5 Å². The average molecular weight is 492 g/mol. The van der Waals surface area contributed by atoms with Crippen molar-refractivity contribution in [3.8, 4) is 28.7 Å². The SMILES string of the molecule is Cc1cc(OCCOC(=O)c2ccccc2)ccc1-c1cccc(COc2ccc(CCC#N)cc2)c1. The van der Waals surface area contributed by atoms with Crippen molar-refractivity contribution in [2.75, 3.05) is 13.2 Å². The second-order valence-corrected chi connectivity index (χ2v) is 8.62. The molecule has 5 nitrogen and oxygen atoms in total. The normalized spacial score (nSPS) is 10.4. The van der Waals surface area contributed by atoms with Crippen molar-refractivity contribution in [1.82, 2.24) is 0 Å². The molecule has 4 aromatic rings. The maximum absolute atomic E-state index is 12.0. The number of ether oxygens (including phenoxy) is 3. The van der Waals surface area contributed by atoms with E-state index in [9.17, 15) is 4.79 Å². The number of aryl methyl sites for hydroxylation is 2. The van der Waals surface area contributed by atoms with E-state index in [0.717, 1.165) is 45.7 Å². The molecule has 0 fully saturated rings. The summed E-state index contributed by atoms with van der Waals surface area (Å²) in [6.07, 6.45) is 1.27. The van der Waals surface area contributed by atoms with Crippen LogP contribution in [0.15, 0.2) is 97.1 Å². The Morgan fingerprint density at radius 2 is 1.57 bits per heavy atom. The molecule has 0 radical (unpaired) electrons.